The van der Waals surface area contributed by atoms with Gasteiger partial charge in [0.1, 0.15) is 5.82 Å². The zero-order chi connectivity index (χ0) is 13.2. The number of aliphatic hydroxyl groups excluding tert-OH is 1. The van der Waals surface area contributed by atoms with E-state index in [1.807, 2.05) is 42.3 Å². The fourth-order valence-electron chi connectivity index (χ4n) is 2.49. The molecule has 0 aliphatic carbocycles. The van der Waals surface area contributed by atoms with E-state index < -0.39 is 0 Å². The van der Waals surface area contributed by atoms with Crippen molar-refractivity contribution in [1.29, 1.82) is 0 Å². The number of hydrogen-bond acceptors (Lipinski definition) is 2. The molecule has 1 N–H and O–H groups in total. The quantitative estimate of drug-likeness (QED) is 0.776. The van der Waals surface area contributed by atoms with Crippen molar-refractivity contribution in [3.05, 3.63) is 54.2 Å². The summed E-state index contributed by atoms with van der Waals surface area (Å²) in [6.07, 6.45) is 6.70. The minimum absolute atomic E-state index is 0.0793. The van der Waals surface area contributed by atoms with Gasteiger partial charge in [-0.3, -0.25) is 0 Å². The molecule has 0 saturated carbocycles. The lowest BCUT2D eigenvalue weighted by molar-refractivity contribution is 0.283. The van der Waals surface area contributed by atoms with Gasteiger partial charge < -0.3 is 14.2 Å². The molecule has 0 bridgehead atoms. The molecule has 4 heteroatoms. The topological polar surface area (TPSA) is 43.0 Å². The van der Waals surface area contributed by atoms with Crippen molar-refractivity contribution in [2.45, 2.75) is 19.6 Å². The monoisotopic (exact) mass is 255 g/mol. The second-order valence-electron chi connectivity index (χ2n) is 4.73. The Morgan fingerprint density at radius 1 is 1.26 bits per heavy atom. The van der Waals surface area contributed by atoms with Crippen molar-refractivity contribution in [2.24, 2.45) is 7.05 Å². The van der Waals surface area contributed by atoms with Crippen molar-refractivity contribution in [3.8, 4) is 0 Å². The second-order valence-corrected chi connectivity index (χ2v) is 4.73. The Kier molecular flexibility index (Phi) is 3.09. The van der Waals surface area contributed by atoms with Gasteiger partial charge in [0.25, 0.3) is 0 Å². The second kappa shape index (κ2) is 4.90. The number of aliphatic hydroxyl groups is 1. The van der Waals surface area contributed by atoms with E-state index >= 15 is 0 Å². The normalized spacial score (nSPS) is 11.3. The first kappa shape index (κ1) is 12.0. The molecule has 98 valence electrons. The smallest absolute Gasteiger partial charge is 0.110 e. The van der Waals surface area contributed by atoms with Gasteiger partial charge in [-0.15, -0.1) is 0 Å². The Balaban J connectivity index is 1.91. The number of rotatable bonds is 4. The molecule has 2 heterocycles. The van der Waals surface area contributed by atoms with Crippen molar-refractivity contribution in [2.75, 3.05) is 0 Å². The molecular weight excluding hydrogens is 238 g/mol. The zero-order valence-electron chi connectivity index (χ0n) is 11.0. The fraction of sp³-hybridized carbons (Fsp3) is 0.267. The van der Waals surface area contributed by atoms with Crippen LogP contribution in [0.3, 0.4) is 0 Å². The van der Waals surface area contributed by atoms with E-state index in [1.54, 1.807) is 0 Å². The molecule has 0 saturated heterocycles. The van der Waals surface area contributed by atoms with Crippen LogP contribution in [0.2, 0.25) is 0 Å². The third kappa shape index (κ3) is 2.15. The van der Waals surface area contributed by atoms with Gasteiger partial charge in [0.15, 0.2) is 0 Å². The molecule has 3 rings (SSSR count). The van der Waals surface area contributed by atoms with Crippen LogP contribution < -0.4 is 0 Å². The molecule has 0 unspecified atom stereocenters. The summed E-state index contributed by atoms with van der Waals surface area (Å²) in [5.74, 6) is 1.07. The fourth-order valence-corrected chi connectivity index (χ4v) is 2.49. The SMILES string of the molecule is Cn1ccnc1CCn1cc(CO)c2ccccc21. The first-order valence-corrected chi connectivity index (χ1v) is 6.43. The van der Waals surface area contributed by atoms with E-state index in [4.69, 9.17) is 0 Å². The molecule has 0 atom stereocenters. The van der Waals surface area contributed by atoms with Gasteiger partial charge in [0, 0.05) is 55.1 Å². The van der Waals surface area contributed by atoms with Crippen LogP contribution in [0.15, 0.2) is 42.9 Å². The predicted molar refractivity (Wildman–Crippen MR) is 74.8 cm³/mol. The molecular formula is C15H17N3O. The molecule has 3 aromatic rings. The standard InChI is InChI=1S/C15H17N3O/c1-17-9-7-16-15(17)6-8-18-10-12(11-19)13-4-2-3-5-14(13)18/h2-5,7,9-10,19H,6,8,11H2,1H3. The Morgan fingerprint density at radius 3 is 2.84 bits per heavy atom. The Morgan fingerprint density at radius 2 is 2.11 bits per heavy atom. The molecule has 0 amide bonds. The van der Waals surface area contributed by atoms with Crippen LogP contribution in [0.25, 0.3) is 10.9 Å². The number of imidazole rings is 1. The first-order chi connectivity index (χ1) is 9.29. The molecule has 4 nitrogen and oxygen atoms in total. The minimum Gasteiger partial charge on any atom is -0.392 e. The summed E-state index contributed by atoms with van der Waals surface area (Å²) in [6, 6.07) is 8.18. The van der Waals surface area contributed by atoms with Gasteiger partial charge in [0.2, 0.25) is 0 Å². The number of nitrogens with zero attached hydrogens (tertiary/aromatic N) is 3. The Hall–Kier alpha value is -2.07. The summed E-state index contributed by atoms with van der Waals surface area (Å²) >= 11 is 0. The van der Waals surface area contributed by atoms with E-state index in [0.717, 1.165) is 29.7 Å². The van der Waals surface area contributed by atoms with Crippen LogP contribution in [0.4, 0.5) is 0 Å². The maximum absolute atomic E-state index is 9.42. The van der Waals surface area contributed by atoms with Crippen LogP contribution in [-0.4, -0.2) is 19.2 Å². The van der Waals surface area contributed by atoms with E-state index in [2.05, 4.69) is 21.7 Å². The van der Waals surface area contributed by atoms with Crippen molar-refractivity contribution < 1.29 is 5.11 Å². The van der Waals surface area contributed by atoms with Crippen LogP contribution in [0, 0.1) is 0 Å². The summed E-state index contributed by atoms with van der Waals surface area (Å²) < 4.78 is 4.23. The highest BCUT2D eigenvalue weighted by atomic mass is 16.3. The number of benzene rings is 1. The molecule has 1 aromatic carbocycles. The highest BCUT2D eigenvalue weighted by Crippen LogP contribution is 2.21. The van der Waals surface area contributed by atoms with Gasteiger partial charge in [-0.05, 0) is 6.07 Å². The molecule has 0 aliphatic rings. The molecule has 19 heavy (non-hydrogen) atoms. The molecule has 0 spiro atoms. The summed E-state index contributed by atoms with van der Waals surface area (Å²) in [6.45, 7) is 0.946. The van der Waals surface area contributed by atoms with Gasteiger partial charge in [-0.25, -0.2) is 4.98 Å². The largest absolute Gasteiger partial charge is 0.392 e. The summed E-state index contributed by atoms with van der Waals surface area (Å²) in [7, 11) is 2.01. The van der Waals surface area contributed by atoms with Crippen LogP contribution >= 0.6 is 0 Å². The molecule has 0 radical (unpaired) electrons. The lowest BCUT2D eigenvalue weighted by atomic mass is 10.2. The molecule has 0 aliphatic heterocycles. The average molecular weight is 255 g/mol. The van der Waals surface area contributed by atoms with Crippen molar-refractivity contribution in [1.82, 2.24) is 14.1 Å². The number of para-hydroxylation sites is 1. The average Bonchev–Trinajstić information content (AvgIpc) is 3.00. The van der Waals surface area contributed by atoms with Gasteiger partial charge >= 0.3 is 0 Å². The third-order valence-electron chi connectivity index (χ3n) is 3.54. The number of hydrogen-bond donors (Lipinski definition) is 1. The maximum Gasteiger partial charge on any atom is 0.110 e. The van der Waals surface area contributed by atoms with Crippen LogP contribution in [0.5, 0.6) is 0 Å². The van der Waals surface area contributed by atoms with Gasteiger partial charge in [-0.1, -0.05) is 18.2 Å². The van der Waals surface area contributed by atoms with E-state index in [1.165, 1.54) is 5.52 Å². The van der Waals surface area contributed by atoms with Crippen LogP contribution in [-0.2, 0) is 26.6 Å². The highest BCUT2D eigenvalue weighted by molar-refractivity contribution is 5.83. The van der Waals surface area contributed by atoms with E-state index in [9.17, 15) is 5.11 Å². The highest BCUT2D eigenvalue weighted by Gasteiger charge is 2.08. The van der Waals surface area contributed by atoms with Crippen LogP contribution in [0.1, 0.15) is 11.4 Å². The minimum atomic E-state index is 0.0793. The lowest BCUT2D eigenvalue weighted by Gasteiger charge is -2.05. The van der Waals surface area contributed by atoms with Crippen molar-refractivity contribution >= 4 is 10.9 Å². The Bertz CT molecular complexity index is 696. The summed E-state index contributed by atoms with van der Waals surface area (Å²) in [5.41, 5.74) is 2.15. The number of fused-ring (bicyclic) bond motifs is 1. The summed E-state index contributed by atoms with van der Waals surface area (Å²) in [4.78, 5) is 4.34. The Labute approximate surface area is 111 Å². The molecule has 0 fully saturated rings. The van der Waals surface area contributed by atoms with Gasteiger partial charge in [-0.2, -0.15) is 0 Å². The van der Waals surface area contributed by atoms with Crippen molar-refractivity contribution in [3.63, 3.8) is 0 Å². The lowest BCUT2D eigenvalue weighted by Crippen LogP contribution is -2.04. The van der Waals surface area contributed by atoms with Gasteiger partial charge in [0.05, 0.1) is 6.61 Å². The zero-order valence-corrected chi connectivity index (χ0v) is 11.0. The maximum atomic E-state index is 9.42. The van der Waals surface area contributed by atoms with E-state index in [0.29, 0.717) is 0 Å². The van der Waals surface area contributed by atoms with E-state index in [-0.39, 0.29) is 6.61 Å². The third-order valence-corrected chi connectivity index (χ3v) is 3.54. The molecule has 2 aromatic heterocycles. The summed E-state index contributed by atoms with van der Waals surface area (Å²) in [5, 5.41) is 10.5. The number of aryl methyl sites for hydroxylation is 3. The predicted octanol–water partition coefficient (Wildman–Crippen LogP) is 2.11. The first-order valence-electron chi connectivity index (χ1n) is 6.43. The number of aromatic nitrogens is 3.